The zero-order valence-electron chi connectivity index (χ0n) is 36.1. The molecule has 14 nitrogen and oxygen atoms in total. The van der Waals surface area contributed by atoms with Gasteiger partial charge in [0.15, 0.2) is 0 Å². The van der Waals surface area contributed by atoms with Crippen molar-refractivity contribution in [3.63, 3.8) is 0 Å². The molecule has 0 saturated heterocycles. The molecule has 4 amide bonds. The number of carbonyl (C=O) groups is 4. The van der Waals surface area contributed by atoms with Crippen molar-refractivity contribution in [2.75, 3.05) is 81.0 Å². The molecule has 0 radical (unpaired) electrons. The van der Waals surface area contributed by atoms with Gasteiger partial charge in [0.25, 0.3) is 11.8 Å². The first-order valence-corrected chi connectivity index (χ1v) is 22.5. The zero-order chi connectivity index (χ0) is 43.6. The molecule has 0 spiro atoms. The van der Waals surface area contributed by atoms with Crippen LogP contribution in [0.2, 0.25) is 0 Å². The summed E-state index contributed by atoms with van der Waals surface area (Å²) < 4.78 is 21.1. The predicted octanol–water partition coefficient (Wildman–Crippen LogP) is 6.38. The van der Waals surface area contributed by atoms with Crippen LogP contribution in [0.3, 0.4) is 0 Å². The molecule has 0 aliphatic heterocycles. The summed E-state index contributed by atoms with van der Waals surface area (Å²) in [6.45, 7) is 11.4. The smallest absolute Gasteiger partial charge is 0.253 e. The molecule has 0 bridgehead atoms. The molecule has 0 aliphatic rings. The number of ether oxygens (including phenoxy) is 4. The van der Waals surface area contributed by atoms with Gasteiger partial charge in [-0.15, -0.1) is 0 Å². The van der Waals surface area contributed by atoms with Gasteiger partial charge in [-0.3, -0.25) is 29.1 Å². The number of aromatic nitrogens is 2. The van der Waals surface area contributed by atoms with E-state index in [1.165, 1.54) is 21.6 Å². The number of nitrogens with zero attached hydrogens (tertiary/aromatic N) is 4. The molecule has 0 fully saturated rings. The van der Waals surface area contributed by atoms with Gasteiger partial charge in [0.2, 0.25) is 11.8 Å². The van der Waals surface area contributed by atoms with E-state index >= 15 is 0 Å². The minimum absolute atomic E-state index is 0.116. The number of carbonyl (C=O) groups excluding carboxylic acids is 4. The number of nitrogens with one attached hydrogen (secondary N) is 2. The van der Waals surface area contributed by atoms with E-state index in [4.69, 9.17) is 28.9 Å². The number of rotatable bonds is 25. The fraction of sp³-hybridized carbons (Fsp3) is 0.500. The van der Waals surface area contributed by atoms with Gasteiger partial charge in [0.1, 0.15) is 0 Å². The summed E-state index contributed by atoms with van der Waals surface area (Å²) in [4.78, 5) is 68.9. The molecule has 4 aromatic rings. The van der Waals surface area contributed by atoms with Crippen LogP contribution in [0.1, 0.15) is 72.4 Å². The first-order chi connectivity index (χ1) is 29.1. The summed E-state index contributed by atoms with van der Waals surface area (Å²) in [5.41, 5.74) is 3.86. The van der Waals surface area contributed by atoms with E-state index < -0.39 is 0 Å². The highest BCUT2D eigenvalue weighted by atomic mass is 33.1. The molecule has 2 unspecified atom stereocenters. The number of likely N-dealkylation sites (N-methyl/N-ethyl adjacent to an activating group) is 2. The van der Waals surface area contributed by atoms with E-state index in [0.717, 1.165) is 31.7 Å². The SMILES string of the molecule is CCC(COC)C(=O)NCc1ccnc2c(SSc3cc(C(=O)N(CC)CCOC)cc4c(CNC(=O)C(CC)COC)ccnc34)cc(C(=O)N(CC)CCOC)cc12. The molecule has 326 valence electrons. The van der Waals surface area contributed by atoms with Crippen molar-refractivity contribution in [2.24, 2.45) is 11.8 Å². The summed E-state index contributed by atoms with van der Waals surface area (Å²) >= 11 is 0. The molecule has 4 rings (SSSR count). The highest BCUT2D eigenvalue weighted by molar-refractivity contribution is 8.76. The van der Waals surface area contributed by atoms with Crippen LogP contribution < -0.4 is 10.6 Å². The Morgan fingerprint density at radius 2 is 1.02 bits per heavy atom. The largest absolute Gasteiger partial charge is 0.384 e. The molecule has 0 aliphatic carbocycles. The average molecular weight is 865 g/mol. The van der Waals surface area contributed by atoms with E-state index in [-0.39, 0.29) is 48.6 Å². The van der Waals surface area contributed by atoms with Gasteiger partial charge in [0.05, 0.1) is 49.3 Å². The summed E-state index contributed by atoms with van der Waals surface area (Å²) in [5, 5.41) is 7.59. The maximum absolute atomic E-state index is 14.1. The van der Waals surface area contributed by atoms with Crippen molar-refractivity contribution < 1.29 is 38.1 Å². The lowest BCUT2D eigenvalue weighted by molar-refractivity contribution is -0.127. The van der Waals surface area contributed by atoms with Gasteiger partial charge in [0, 0.05) is 112 Å². The van der Waals surface area contributed by atoms with Gasteiger partial charge in [-0.2, -0.15) is 0 Å². The van der Waals surface area contributed by atoms with Gasteiger partial charge >= 0.3 is 0 Å². The van der Waals surface area contributed by atoms with Crippen molar-refractivity contribution in [3.8, 4) is 0 Å². The maximum Gasteiger partial charge on any atom is 0.253 e. The minimum Gasteiger partial charge on any atom is -0.384 e. The zero-order valence-corrected chi connectivity index (χ0v) is 37.8. The Bertz CT molecular complexity index is 1930. The van der Waals surface area contributed by atoms with Crippen LogP contribution in [-0.2, 0) is 41.6 Å². The quantitative estimate of drug-likeness (QED) is 0.0710. The number of fused-ring (bicyclic) bond motifs is 2. The number of hydrogen-bond donors (Lipinski definition) is 2. The summed E-state index contributed by atoms with van der Waals surface area (Å²) in [7, 11) is 9.18. The first kappa shape index (κ1) is 48.3. The Morgan fingerprint density at radius 1 is 0.617 bits per heavy atom. The highest BCUT2D eigenvalue weighted by Gasteiger charge is 2.23. The Labute approximate surface area is 361 Å². The Morgan fingerprint density at radius 3 is 1.35 bits per heavy atom. The van der Waals surface area contributed by atoms with Crippen molar-refractivity contribution in [3.05, 3.63) is 71.0 Å². The standard InChI is InChI=1S/C44H60N6O8S2/c1-9-29(27-57-7)41(51)47-25-31-13-15-45-39-35(31)21-33(43(53)49(11-3)17-19-55-5)23-37(39)59-60-38-24-34(44(54)50(12-4)18-20-56-6)22-36-32(14-16-46-40(36)38)26-48-42(52)30(10-2)28-58-8/h13-16,21-24,29-30H,9-12,17-20,25-28H2,1-8H3,(H,47,51)(H,48,52). The molecule has 60 heavy (non-hydrogen) atoms. The van der Waals surface area contributed by atoms with E-state index in [1.54, 1.807) is 50.6 Å². The van der Waals surface area contributed by atoms with Gasteiger partial charge in [-0.1, -0.05) is 35.4 Å². The molecule has 0 saturated carbocycles. The first-order valence-electron chi connectivity index (χ1n) is 20.4. The number of amides is 4. The lowest BCUT2D eigenvalue weighted by atomic mass is 10.0. The Kier molecular flexibility index (Phi) is 20.0. The van der Waals surface area contributed by atoms with Crippen molar-refractivity contribution in [1.29, 1.82) is 0 Å². The Balaban J connectivity index is 1.83. The molecular weight excluding hydrogens is 805 g/mol. The molecule has 2 N–H and O–H groups in total. The van der Waals surface area contributed by atoms with Crippen LogP contribution in [0.25, 0.3) is 21.8 Å². The molecule has 2 aromatic heterocycles. The van der Waals surface area contributed by atoms with Crippen molar-refractivity contribution in [2.45, 2.75) is 63.4 Å². The van der Waals surface area contributed by atoms with Crippen LogP contribution in [-0.4, -0.2) is 124 Å². The number of pyridine rings is 2. The third kappa shape index (κ3) is 12.6. The average Bonchev–Trinajstić information content (AvgIpc) is 3.27. The van der Waals surface area contributed by atoms with Crippen LogP contribution >= 0.6 is 21.6 Å². The second kappa shape index (κ2) is 24.8. The fourth-order valence-corrected chi connectivity index (χ4v) is 9.03. The van der Waals surface area contributed by atoms with Gasteiger partial charge in [-0.05, 0) is 74.2 Å². The molecule has 2 heterocycles. The van der Waals surface area contributed by atoms with Crippen molar-refractivity contribution in [1.82, 2.24) is 30.4 Å². The van der Waals surface area contributed by atoms with Gasteiger partial charge in [-0.25, -0.2) is 0 Å². The van der Waals surface area contributed by atoms with Gasteiger partial charge < -0.3 is 39.4 Å². The van der Waals surface area contributed by atoms with Crippen LogP contribution in [0.15, 0.2) is 58.6 Å². The lowest BCUT2D eigenvalue weighted by Gasteiger charge is -2.22. The number of benzene rings is 2. The molecule has 2 atom stereocenters. The second-order valence-electron chi connectivity index (χ2n) is 14.2. The lowest BCUT2D eigenvalue weighted by Crippen LogP contribution is -2.33. The second-order valence-corrected chi connectivity index (χ2v) is 16.4. The predicted molar refractivity (Wildman–Crippen MR) is 237 cm³/mol. The summed E-state index contributed by atoms with van der Waals surface area (Å²) in [6.07, 6.45) is 4.67. The number of methoxy groups -OCH3 is 4. The summed E-state index contributed by atoms with van der Waals surface area (Å²) in [6, 6.07) is 11.1. The van der Waals surface area contributed by atoms with E-state index in [1.807, 2.05) is 64.1 Å². The van der Waals surface area contributed by atoms with Crippen LogP contribution in [0.4, 0.5) is 0 Å². The molecular formula is C44H60N6O8S2. The normalized spacial score (nSPS) is 12.3. The van der Waals surface area contributed by atoms with E-state index in [0.29, 0.717) is 87.6 Å². The maximum atomic E-state index is 14.1. The fourth-order valence-electron chi connectivity index (χ4n) is 6.72. The number of hydrogen-bond acceptors (Lipinski definition) is 12. The third-order valence-corrected chi connectivity index (χ3v) is 12.7. The van der Waals surface area contributed by atoms with Crippen LogP contribution in [0.5, 0.6) is 0 Å². The van der Waals surface area contributed by atoms with Crippen LogP contribution in [0, 0.1) is 11.8 Å². The Hall–Kier alpha value is -4.32. The third-order valence-electron chi connectivity index (χ3n) is 10.4. The molecule has 16 heteroatoms. The topological polar surface area (TPSA) is 162 Å². The highest BCUT2D eigenvalue weighted by Crippen LogP contribution is 2.44. The van der Waals surface area contributed by atoms with Crippen molar-refractivity contribution >= 4 is 67.0 Å². The van der Waals surface area contributed by atoms with E-state index in [2.05, 4.69) is 10.6 Å². The van der Waals surface area contributed by atoms with E-state index in [9.17, 15) is 19.2 Å². The minimum atomic E-state index is -0.294. The molecule has 2 aromatic carbocycles. The summed E-state index contributed by atoms with van der Waals surface area (Å²) in [5.74, 6) is -1.14. The monoisotopic (exact) mass is 864 g/mol.